The molecule has 0 saturated carbocycles. The largest absolute Gasteiger partial charge is 0.496 e. The van der Waals surface area contributed by atoms with Crippen LogP contribution in [0.2, 0.25) is 0 Å². The number of halogens is 1. The van der Waals surface area contributed by atoms with E-state index >= 15 is 0 Å². The van der Waals surface area contributed by atoms with Gasteiger partial charge in [0.2, 0.25) is 0 Å². The van der Waals surface area contributed by atoms with Gasteiger partial charge in [0, 0.05) is 11.1 Å². The molecule has 2 rings (SSSR count). The molecule has 1 atom stereocenters. The third-order valence-corrected chi connectivity index (χ3v) is 2.96. The molecule has 0 aliphatic heterocycles. The molecule has 2 aromatic rings. The third-order valence-electron chi connectivity index (χ3n) is 2.96. The maximum absolute atomic E-state index is 13.7. The lowest BCUT2D eigenvalue weighted by molar-refractivity contribution is 0.407. The summed E-state index contributed by atoms with van der Waals surface area (Å²) < 4.78 is 19.0. The molecular formula is C15H16FNO. The highest BCUT2D eigenvalue weighted by Crippen LogP contribution is 2.30. The fourth-order valence-electron chi connectivity index (χ4n) is 1.97. The number of methoxy groups -OCH3 is 1. The van der Waals surface area contributed by atoms with Crippen molar-refractivity contribution in [2.45, 2.75) is 13.0 Å². The zero-order valence-electron chi connectivity index (χ0n) is 10.5. The maximum atomic E-state index is 13.7. The fourth-order valence-corrected chi connectivity index (χ4v) is 1.97. The Bertz CT molecular complexity index is 554. The zero-order valence-corrected chi connectivity index (χ0v) is 10.5. The van der Waals surface area contributed by atoms with Gasteiger partial charge in [-0.05, 0) is 24.6 Å². The van der Waals surface area contributed by atoms with Crippen LogP contribution in [-0.4, -0.2) is 7.11 Å². The van der Waals surface area contributed by atoms with E-state index in [9.17, 15) is 4.39 Å². The van der Waals surface area contributed by atoms with Gasteiger partial charge in [0.05, 0.1) is 13.2 Å². The summed E-state index contributed by atoms with van der Waals surface area (Å²) in [5.41, 5.74) is 8.46. The number of benzene rings is 2. The predicted octanol–water partition coefficient (Wildman–Crippen LogP) is 3.19. The van der Waals surface area contributed by atoms with Crippen molar-refractivity contribution in [3.05, 3.63) is 65.0 Å². The average molecular weight is 245 g/mol. The van der Waals surface area contributed by atoms with Crippen LogP contribution in [0.1, 0.15) is 22.7 Å². The van der Waals surface area contributed by atoms with Crippen LogP contribution in [-0.2, 0) is 0 Å². The van der Waals surface area contributed by atoms with Crippen molar-refractivity contribution < 1.29 is 9.13 Å². The molecule has 0 aliphatic carbocycles. The van der Waals surface area contributed by atoms with E-state index in [2.05, 4.69) is 0 Å². The normalized spacial score (nSPS) is 12.2. The average Bonchev–Trinajstić information content (AvgIpc) is 2.38. The van der Waals surface area contributed by atoms with Gasteiger partial charge in [0.1, 0.15) is 11.6 Å². The van der Waals surface area contributed by atoms with Crippen molar-refractivity contribution in [2.75, 3.05) is 7.11 Å². The number of ether oxygens (including phenoxy) is 1. The van der Waals surface area contributed by atoms with Crippen LogP contribution >= 0.6 is 0 Å². The molecular weight excluding hydrogens is 229 g/mol. The number of hydrogen-bond acceptors (Lipinski definition) is 2. The molecule has 0 radical (unpaired) electrons. The lowest BCUT2D eigenvalue weighted by atomic mass is 9.97. The van der Waals surface area contributed by atoms with Gasteiger partial charge in [-0.3, -0.25) is 0 Å². The van der Waals surface area contributed by atoms with Gasteiger partial charge < -0.3 is 10.5 Å². The Hall–Kier alpha value is -1.87. The molecule has 0 aromatic heterocycles. The monoisotopic (exact) mass is 245 g/mol. The van der Waals surface area contributed by atoms with E-state index < -0.39 is 6.04 Å². The van der Waals surface area contributed by atoms with Gasteiger partial charge in [-0.25, -0.2) is 4.39 Å². The van der Waals surface area contributed by atoms with E-state index in [1.54, 1.807) is 25.3 Å². The Morgan fingerprint density at radius 1 is 1.11 bits per heavy atom. The lowest BCUT2D eigenvalue weighted by Gasteiger charge is -2.17. The lowest BCUT2D eigenvalue weighted by Crippen LogP contribution is -2.14. The Morgan fingerprint density at radius 2 is 1.83 bits per heavy atom. The van der Waals surface area contributed by atoms with Crippen molar-refractivity contribution in [3.8, 4) is 5.75 Å². The van der Waals surface area contributed by atoms with Gasteiger partial charge in [-0.1, -0.05) is 30.3 Å². The highest BCUT2D eigenvalue weighted by molar-refractivity contribution is 5.43. The van der Waals surface area contributed by atoms with Gasteiger partial charge in [-0.15, -0.1) is 0 Å². The summed E-state index contributed by atoms with van der Waals surface area (Å²) >= 11 is 0. The van der Waals surface area contributed by atoms with Crippen molar-refractivity contribution in [1.82, 2.24) is 0 Å². The summed E-state index contributed by atoms with van der Waals surface area (Å²) in [6, 6.07) is 11.7. The molecule has 0 heterocycles. The van der Waals surface area contributed by atoms with Crippen LogP contribution in [0.5, 0.6) is 5.75 Å². The molecule has 2 nitrogen and oxygen atoms in total. The third kappa shape index (κ3) is 2.36. The van der Waals surface area contributed by atoms with Crippen molar-refractivity contribution >= 4 is 0 Å². The second-order valence-electron chi connectivity index (χ2n) is 4.24. The Labute approximate surface area is 106 Å². The molecule has 3 heteroatoms. The van der Waals surface area contributed by atoms with Gasteiger partial charge >= 0.3 is 0 Å². The standard InChI is InChI=1S/C15H16FNO/c1-10-7-8-12(14(9-10)18-2)15(17)11-5-3-4-6-13(11)16/h3-9,15H,17H2,1-2H3. The summed E-state index contributed by atoms with van der Waals surface area (Å²) in [6.45, 7) is 1.97. The van der Waals surface area contributed by atoms with Crippen molar-refractivity contribution in [2.24, 2.45) is 5.73 Å². The molecule has 0 amide bonds. The highest BCUT2D eigenvalue weighted by atomic mass is 19.1. The summed E-state index contributed by atoms with van der Waals surface area (Å²) in [6.07, 6.45) is 0. The molecule has 1 unspecified atom stereocenters. The topological polar surface area (TPSA) is 35.2 Å². The van der Waals surface area contributed by atoms with Gasteiger partial charge in [-0.2, -0.15) is 0 Å². The Balaban J connectivity index is 2.46. The molecule has 0 fully saturated rings. The molecule has 0 spiro atoms. The van der Waals surface area contributed by atoms with Crippen molar-refractivity contribution in [1.29, 1.82) is 0 Å². The fraction of sp³-hybridized carbons (Fsp3) is 0.200. The van der Waals surface area contributed by atoms with Crippen LogP contribution in [0, 0.1) is 12.7 Å². The summed E-state index contributed by atoms with van der Waals surface area (Å²) in [5.74, 6) is 0.387. The minimum atomic E-state index is -0.526. The molecule has 2 N–H and O–H groups in total. The van der Waals surface area contributed by atoms with Gasteiger partial charge in [0.15, 0.2) is 0 Å². The highest BCUT2D eigenvalue weighted by Gasteiger charge is 2.16. The van der Waals surface area contributed by atoms with E-state index in [4.69, 9.17) is 10.5 Å². The predicted molar refractivity (Wildman–Crippen MR) is 70.2 cm³/mol. The van der Waals surface area contributed by atoms with E-state index in [1.807, 2.05) is 25.1 Å². The minimum Gasteiger partial charge on any atom is -0.496 e. The number of hydrogen-bond donors (Lipinski definition) is 1. The smallest absolute Gasteiger partial charge is 0.128 e. The second-order valence-corrected chi connectivity index (χ2v) is 4.24. The van der Waals surface area contributed by atoms with Crippen LogP contribution in [0.3, 0.4) is 0 Å². The molecule has 0 saturated heterocycles. The van der Waals surface area contributed by atoms with Crippen LogP contribution in [0.25, 0.3) is 0 Å². The van der Waals surface area contributed by atoms with Crippen molar-refractivity contribution in [3.63, 3.8) is 0 Å². The van der Waals surface area contributed by atoms with E-state index in [1.165, 1.54) is 6.07 Å². The molecule has 94 valence electrons. The number of aryl methyl sites for hydroxylation is 1. The SMILES string of the molecule is COc1cc(C)ccc1C(N)c1ccccc1F. The van der Waals surface area contributed by atoms with E-state index in [0.29, 0.717) is 11.3 Å². The quantitative estimate of drug-likeness (QED) is 0.901. The van der Waals surface area contributed by atoms with E-state index in [-0.39, 0.29) is 5.82 Å². The second kappa shape index (κ2) is 5.19. The first-order chi connectivity index (χ1) is 8.63. The number of rotatable bonds is 3. The summed E-state index contributed by atoms with van der Waals surface area (Å²) in [7, 11) is 1.59. The van der Waals surface area contributed by atoms with Crippen LogP contribution < -0.4 is 10.5 Å². The summed E-state index contributed by atoms with van der Waals surface area (Å²) in [4.78, 5) is 0. The van der Waals surface area contributed by atoms with E-state index in [0.717, 1.165) is 11.1 Å². The maximum Gasteiger partial charge on any atom is 0.128 e. The first-order valence-electron chi connectivity index (χ1n) is 5.78. The molecule has 0 aliphatic rings. The first-order valence-corrected chi connectivity index (χ1v) is 5.78. The zero-order chi connectivity index (χ0) is 13.1. The van der Waals surface area contributed by atoms with Crippen LogP contribution in [0.15, 0.2) is 42.5 Å². The number of nitrogens with two attached hydrogens (primary N) is 1. The molecule has 0 bridgehead atoms. The summed E-state index contributed by atoms with van der Waals surface area (Å²) in [5, 5.41) is 0. The Kier molecular flexibility index (Phi) is 3.63. The molecule has 2 aromatic carbocycles. The molecule has 18 heavy (non-hydrogen) atoms. The first kappa shape index (κ1) is 12.6. The van der Waals surface area contributed by atoms with Gasteiger partial charge in [0.25, 0.3) is 0 Å². The Morgan fingerprint density at radius 3 is 2.50 bits per heavy atom. The van der Waals surface area contributed by atoms with Crippen LogP contribution in [0.4, 0.5) is 4.39 Å². The minimum absolute atomic E-state index is 0.298.